The Morgan fingerprint density at radius 1 is 1.25 bits per heavy atom. The summed E-state index contributed by atoms with van der Waals surface area (Å²) in [6.45, 7) is 2.35. The van der Waals surface area contributed by atoms with E-state index in [1.807, 2.05) is 13.0 Å². The van der Waals surface area contributed by atoms with E-state index in [2.05, 4.69) is 9.88 Å². The Labute approximate surface area is 191 Å². The van der Waals surface area contributed by atoms with E-state index in [0.717, 1.165) is 18.5 Å². The van der Waals surface area contributed by atoms with E-state index in [0.29, 0.717) is 18.1 Å². The molecule has 0 bridgehead atoms. The normalized spacial score (nSPS) is 16.2. The van der Waals surface area contributed by atoms with Gasteiger partial charge in [0.05, 0.1) is 29.6 Å². The van der Waals surface area contributed by atoms with Crippen molar-refractivity contribution in [1.29, 1.82) is 0 Å². The van der Waals surface area contributed by atoms with Crippen LogP contribution in [0.2, 0.25) is 5.02 Å². The molecule has 0 aliphatic carbocycles. The summed E-state index contributed by atoms with van der Waals surface area (Å²) in [4.78, 5) is 14.8. The quantitative estimate of drug-likeness (QED) is 0.566. The third-order valence-corrected chi connectivity index (χ3v) is 7.15. The molecule has 0 saturated carbocycles. The largest absolute Gasteiger partial charge is 0.495 e. The first kappa shape index (κ1) is 22.2. The van der Waals surface area contributed by atoms with E-state index in [4.69, 9.17) is 20.9 Å². The number of methoxy groups -OCH3 is 1. The predicted molar refractivity (Wildman–Crippen MR) is 120 cm³/mol. The van der Waals surface area contributed by atoms with E-state index >= 15 is 0 Å². The number of hydrogen-bond acceptors (Lipinski definition) is 6. The number of para-hydroxylation sites is 2. The molecule has 10 heteroatoms. The zero-order valence-electron chi connectivity index (χ0n) is 17.5. The van der Waals surface area contributed by atoms with E-state index in [1.165, 1.54) is 25.3 Å². The molecular weight excluding hydrogens is 454 g/mol. The molecule has 4 rings (SSSR count). The summed E-state index contributed by atoms with van der Waals surface area (Å²) in [5.74, 6) is 0.682. The molecule has 1 saturated heterocycles. The number of rotatable bonds is 6. The van der Waals surface area contributed by atoms with Gasteiger partial charge in [-0.05, 0) is 50.1 Å². The van der Waals surface area contributed by atoms with Crippen LogP contribution < -0.4 is 9.46 Å². The van der Waals surface area contributed by atoms with Crippen LogP contribution in [0, 0.1) is 6.92 Å². The molecule has 8 nitrogen and oxygen atoms in total. The van der Waals surface area contributed by atoms with Crippen molar-refractivity contribution in [3.05, 3.63) is 70.6 Å². The number of carbonyl (C=O) groups is 1. The van der Waals surface area contributed by atoms with Crippen LogP contribution in [-0.2, 0) is 10.0 Å². The molecule has 2 heterocycles. The Morgan fingerprint density at radius 2 is 2.03 bits per heavy atom. The lowest BCUT2D eigenvalue weighted by atomic mass is 10.1. The fourth-order valence-electron chi connectivity index (χ4n) is 3.78. The molecule has 1 atom stereocenters. The van der Waals surface area contributed by atoms with Gasteiger partial charge in [0, 0.05) is 18.2 Å². The minimum Gasteiger partial charge on any atom is -0.495 e. The van der Waals surface area contributed by atoms with Gasteiger partial charge in [0.25, 0.3) is 15.9 Å². The minimum atomic E-state index is -4.08. The number of amides is 1. The molecule has 3 aromatic rings. The molecule has 1 unspecified atom stereocenters. The molecule has 2 aromatic carbocycles. The SMILES string of the molecule is COc1ccccc1NS(=O)(=O)c1cc(C(=O)N2CCCC2c2cc(C)no2)ccc1Cl. The molecule has 1 N–H and O–H groups in total. The number of sulfonamides is 1. The monoisotopic (exact) mass is 475 g/mol. The van der Waals surface area contributed by atoms with Gasteiger partial charge < -0.3 is 14.2 Å². The molecule has 32 heavy (non-hydrogen) atoms. The van der Waals surface area contributed by atoms with E-state index in [1.54, 1.807) is 29.2 Å². The number of halogens is 1. The molecular formula is C22H22ClN3O5S. The Morgan fingerprint density at radius 3 is 2.75 bits per heavy atom. The number of ether oxygens (including phenoxy) is 1. The maximum Gasteiger partial charge on any atom is 0.263 e. The highest BCUT2D eigenvalue weighted by atomic mass is 35.5. The number of likely N-dealkylation sites (tertiary alicyclic amines) is 1. The fraction of sp³-hybridized carbons (Fsp3) is 0.273. The lowest BCUT2D eigenvalue weighted by Gasteiger charge is -2.23. The number of aromatic nitrogens is 1. The zero-order valence-corrected chi connectivity index (χ0v) is 19.1. The second-order valence-corrected chi connectivity index (χ2v) is 9.54. The van der Waals surface area contributed by atoms with Crippen molar-refractivity contribution >= 4 is 33.2 Å². The van der Waals surface area contributed by atoms with Crippen molar-refractivity contribution in [3.8, 4) is 5.75 Å². The van der Waals surface area contributed by atoms with Gasteiger partial charge in [0.15, 0.2) is 5.76 Å². The first-order valence-corrected chi connectivity index (χ1v) is 11.9. The molecule has 1 aliphatic heterocycles. The number of hydrogen-bond donors (Lipinski definition) is 1. The summed E-state index contributed by atoms with van der Waals surface area (Å²) in [5, 5.41) is 3.92. The molecule has 168 valence electrons. The number of anilines is 1. The average Bonchev–Trinajstić information content (AvgIpc) is 3.42. The third-order valence-electron chi connectivity index (χ3n) is 5.31. The van der Waals surface area contributed by atoms with E-state index in [9.17, 15) is 13.2 Å². The summed E-state index contributed by atoms with van der Waals surface area (Å²) in [6, 6.07) is 12.4. The fourth-order valence-corrected chi connectivity index (χ4v) is 5.38. The maximum absolute atomic E-state index is 13.3. The summed E-state index contributed by atoms with van der Waals surface area (Å²) in [6.07, 6.45) is 1.55. The number of aryl methyl sites for hydroxylation is 1. The highest BCUT2D eigenvalue weighted by Crippen LogP contribution is 2.35. The summed E-state index contributed by atoms with van der Waals surface area (Å²) < 4.78 is 39.2. The van der Waals surface area contributed by atoms with Gasteiger partial charge >= 0.3 is 0 Å². The number of nitrogens with zero attached hydrogens (tertiary/aromatic N) is 2. The first-order chi connectivity index (χ1) is 15.3. The van der Waals surface area contributed by atoms with Gasteiger partial charge in [-0.1, -0.05) is 28.9 Å². The van der Waals surface area contributed by atoms with Gasteiger partial charge in [-0.25, -0.2) is 8.42 Å². The molecule has 0 radical (unpaired) electrons. The van der Waals surface area contributed by atoms with Gasteiger partial charge in [-0.15, -0.1) is 0 Å². The first-order valence-electron chi connectivity index (χ1n) is 10.00. The third kappa shape index (κ3) is 4.31. The van der Waals surface area contributed by atoms with Crippen molar-refractivity contribution in [3.63, 3.8) is 0 Å². The van der Waals surface area contributed by atoms with Gasteiger partial charge in [0.2, 0.25) is 0 Å². The van der Waals surface area contributed by atoms with Gasteiger partial charge in [-0.3, -0.25) is 9.52 Å². The van der Waals surface area contributed by atoms with Crippen molar-refractivity contribution in [2.24, 2.45) is 0 Å². The molecule has 1 fully saturated rings. The van der Waals surface area contributed by atoms with Crippen molar-refractivity contribution in [1.82, 2.24) is 10.1 Å². The summed E-state index contributed by atoms with van der Waals surface area (Å²) in [7, 11) is -2.63. The number of carbonyl (C=O) groups excluding carboxylic acids is 1. The van der Waals surface area contributed by atoms with Crippen molar-refractivity contribution in [2.75, 3.05) is 18.4 Å². The van der Waals surface area contributed by atoms with Crippen molar-refractivity contribution in [2.45, 2.75) is 30.7 Å². The number of nitrogens with one attached hydrogen (secondary N) is 1. The van der Waals surface area contributed by atoms with Crippen LogP contribution in [0.15, 0.2) is 57.9 Å². The Balaban J connectivity index is 1.64. The second kappa shape index (κ2) is 8.84. The molecule has 1 aliphatic rings. The highest BCUT2D eigenvalue weighted by Gasteiger charge is 2.34. The van der Waals surface area contributed by atoms with Crippen molar-refractivity contribution < 1.29 is 22.5 Å². The van der Waals surface area contributed by atoms with E-state index < -0.39 is 10.0 Å². The van der Waals surface area contributed by atoms with Crippen LogP contribution in [0.25, 0.3) is 0 Å². The van der Waals surface area contributed by atoms with Crippen LogP contribution in [-0.4, -0.2) is 38.0 Å². The Kier molecular flexibility index (Phi) is 6.12. The lowest BCUT2D eigenvalue weighted by molar-refractivity contribution is 0.0714. The van der Waals surface area contributed by atoms with Crippen LogP contribution in [0.3, 0.4) is 0 Å². The maximum atomic E-state index is 13.3. The average molecular weight is 476 g/mol. The smallest absolute Gasteiger partial charge is 0.263 e. The van der Waals surface area contributed by atoms with Gasteiger partial charge in [0.1, 0.15) is 10.6 Å². The predicted octanol–water partition coefficient (Wildman–Crippen LogP) is 4.42. The van der Waals surface area contributed by atoms with Crippen LogP contribution >= 0.6 is 11.6 Å². The molecule has 1 aromatic heterocycles. The summed E-state index contributed by atoms with van der Waals surface area (Å²) >= 11 is 6.21. The highest BCUT2D eigenvalue weighted by molar-refractivity contribution is 7.92. The standard InChI is InChI=1S/C22H22ClN3O5S/c1-14-12-20(31-24-14)18-7-5-11-26(18)22(27)15-9-10-16(23)21(13-15)32(28,29)25-17-6-3-4-8-19(17)30-2/h3-4,6,8-10,12-13,18,25H,5,7,11H2,1-2H3. The van der Waals surface area contributed by atoms with E-state index in [-0.39, 0.29) is 33.1 Å². The lowest BCUT2D eigenvalue weighted by Crippen LogP contribution is -2.30. The van der Waals surface area contributed by atoms with Crippen LogP contribution in [0.1, 0.15) is 40.7 Å². The number of benzene rings is 2. The minimum absolute atomic E-state index is 0.00720. The Hall–Kier alpha value is -3.04. The van der Waals surface area contributed by atoms with Crippen LogP contribution in [0.5, 0.6) is 5.75 Å². The zero-order chi connectivity index (χ0) is 22.9. The summed E-state index contributed by atoms with van der Waals surface area (Å²) in [5.41, 5.74) is 1.22. The topological polar surface area (TPSA) is 102 Å². The second-order valence-electron chi connectivity index (χ2n) is 7.48. The molecule has 1 amide bonds. The van der Waals surface area contributed by atoms with Crippen LogP contribution in [0.4, 0.5) is 5.69 Å². The van der Waals surface area contributed by atoms with Gasteiger partial charge in [-0.2, -0.15) is 0 Å². The molecule has 0 spiro atoms. The Bertz CT molecular complexity index is 1260.